The SMILES string of the molecule is CC1(C(=O)Nc2ccc(N3CCCC3=O)cc2)CCNC1.Cl. The van der Waals surface area contributed by atoms with E-state index in [1.54, 1.807) is 4.90 Å². The summed E-state index contributed by atoms with van der Waals surface area (Å²) in [6.07, 6.45) is 2.41. The van der Waals surface area contributed by atoms with E-state index in [-0.39, 0.29) is 29.6 Å². The highest BCUT2D eigenvalue weighted by atomic mass is 35.5. The molecule has 120 valence electrons. The molecule has 0 saturated carbocycles. The Morgan fingerprint density at radius 3 is 2.59 bits per heavy atom. The van der Waals surface area contributed by atoms with Crippen molar-refractivity contribution in [2.24, 2.45) is 5.41 Å². The van der Waals surface area contributed by atoms with Crippen LogP contribution >= 0.6 is 12.4 Å². The second-order valence-electron chi connectivity index (χ2n) is 6.14. The zero-order valence-corrected chi connectivity index (χ0v) is 13.5. The normalized spacial score (nSPS) is 24.2. The molecule has 3 rings (SSSR count). The molecule has 0 aliphatic carbocycles. The molecule has 22 heavy (non-hydrogen) atoms. The Morgan fingerprint density at radius 1 is 1.32 bits per heavy atom. The number of nitrogens with one attached hydrogen (secondary N) is 2. The quantitative estimate of drug-likeness (QED) is 0.896. The van der Waals surface area contributed by atoms with Crippen molar-refractivity contribution in [1.82, 2.24) is 5.32 Å². The molecule has 2 aliphatic heterocycles. The van der Waals surface area contributed by atoms with Crippen LogP contribution in [0.5, 0.6) is 0 Å². The topological polar surface area (TPSA) is 61.4 Å². The van der Waals surface area contributed by atoms with Gasteiger partial charge in [-0.25, -0.2) is 0 Å². The zero-order valence-electron chi connectivity index (χ0n) is 12.7. The van der Waals surface area contributed by atoms with E-state index in [0.29, 0.717) is 6.42 Å². The Labute approximate surface area is 136 Å². The lowest BCUT2D eigenvalue weighted by atomic mass is 9.89. The maximum atomic E-state index is 12.3. The molecule has 2 saturated heterocycles. The minimum Gasteiger partial charge on any atom is -0.326 e. The molecule has 1 atom stereocenters. The van der Waals surface area contributed by atoms with Crippen molar-refractivity contribution < 1.29 is 9.59 Å². The lowest BCUT2D eigenvalue weighted by Gasteiger charge is -2.22. The van der Waals surface area contributed by atoms with Crippen LogP contribution in [0.2, 0.25) is 0 Å². The van der Waals surface area contributed by atoms with Gasteiger partial charge in [0.05, 0.1) is 5.41 Å². The molecular formula is C16H22ClN3O2. The molecule has 1 unspecified atom stereocenters. The number of amides is 2. The average molecular weight is 324 g/mol. The first-order chi connectivity index (χ1) is 10.1. The molecule has 5 nitrogen and oxygen atoms in total. The van der Waals surface area contributed by atoms with Crippen LogP contribution in [-0.2, 0) is 9.59 Å². The van der Waals surface area contributed by atoms with Gasteiger partial charge in [0.1, 0.15) is 0 Å². The second-order valence-corrected chi connectivity index (χ2v) is 6.14. The van der Waals surface area contributed by atoms with Crippen LogP contribution in [0, 0.1) is 5.41 Å². The van der Waals surface area contributed by atoms with E-state index in [1.807, 2.05) is 31.2 Å². The minimum absolute atomic E-state index is 0. The van der Waals surface area contributed by atoms with E-state index in [9.17, 15) is 9.59 Å². The molecule has 0 spiro atoms. The largest absolute Gasteiger partial charge is 0.326 e. The van der Waals surface area contributed by atoms with Gasteiger partial charge in [0, 0.05) is 30.9 Å². The van der Waals surface area contributed by atoms with E-state index in [2.05, 4.69) is 10.6 Å². The molecule has 2 aliphatic rings. The second kappa shape index (κ2) is 6.67. The third-order valence-corrected chi connectivity index (χ3v) is 4.43. The Kier molecular flexibility index (Phi) is 5.08. The van der Waals surface area contributed by atoms with Crippen LogP contribution in [0.4, 0.5) is 11.4 Å². The van der Waals surface area contributed by atoms with Crippen LogP contribution in [0.15, 0.2) is 24.3 Å². The zero-order chi connectivity index (χ0) is 14.9. The van der Waals surface area contributed by atoms with Gasteiger partial charge in [-0.05, 0) is 50.6 Å². The molecule has 6 heteroatoms. The Balaban J connectivity index is 0.00000176. The van der Waals surface area contributed by atoms with Gasteiger partial charge >= 0.3 is 0 Å². The molecule has 0 aromatic heterocycles. The summed E-state index contributed by atoms with van der Waals surface area (Å²) in [5, 5.41) is 6.20. The van der Waals surface area contributed by atoms with Crippen molar-refractivity contribution in [3.8, 4) is 0 Å². The number of rotatable bonds is 3. The first-order valence-corrected chi connectivity index (χ1v) is 7.51. The predicted octanol–water partition coefficient (Wildman–Crippen LogP) is 2.17. The number of anilines is 2. The Hall–Kier alpha value is -1.59. The van der Waals surface area contributed by atoms with Gasteiger partial charge in [-0.2, -0.15) is 0 Å². The molecule has 2 heterocycles. The van der Waals surface area contributed by atoms with Crippen molar-refractivity contribution in [2.45, 2.75) is 26.2 Å². The van der Waals surface area contributed by atoms with Crippen molar-refractivity contribution in [2.75, 3.05) is 29.9 Å². The number of carbonyl (C=O) groups excluding carboxylic acids is 2. The minimum atomic E-state index is -0.330. The summed E-state index contributed by atoms with van der Waals surface area (Å²) >= 11 is 0. The predicted molar refractivity (Wildman–Crippen MR) is 89.5 cm³/mol. The number of nitrogens with zero attached hydrogens (tertiary/aromatic N) is 1. The summed E-state index contributed by atoms with van der Waals surface area (Å²) in [7, 11) is 0. The van der Waals surface area contributed by atoms with Crippen LogP contribution in [0.25, 0.3) is 0 Å². The molecule has 0 radical (unpaired) electrons. The van der Waals surface area contributed by atoms with Crippen LogP contribution < -0.4 is 15.5 Å². The van der Waals surface area contributed by atoms with E-state index >= 15 is 0 Å². The Morgan fingerprint density at radius 2 is 2.05 bits per heavy atom. The lowest BCUT2D eigenvalue weighted by Crippen LogP contribution is -2.35. The summed E-state index contributed by atoms with van der Waals surface area (Å²) in [5.41, 5.74) is 1.36. The molecular weight excluding hydrogens is 302 g/mol. The van der Waals surface area contributed by atoms with Crippen molar-refractivity contribution >= 4 is 35.6 Å². The van der Waals surface area contributed by atoms with Crippen LogP contribution in [-0.4, -0.2) is 31.4 Å². The highest BCUT2D eigenvalue weighted by Crippen LogP contribution is 2.27. The summed E-state index contributed by atoms with van der Waals surface area (Å²) in [6.45, 7) is 4.38. The van der Waals surface area contributed by atoms with Crippen LogP contribution in [0.3, 0.4) is 0 Å². The number of benzene rings is 1. The number of hydrogen-bond donors (Lipinski definition) is 2. The van der Waals surface area contributed by atoms with Crippen molar-refractivity contribution in [3.05, 3.63) is 24.3 Å². The lowest BCUT2D eigenvalue weighted by molar-refractivity contribution is -0.123. The molecule has 2 amide bonds. The van der Waals surface area contributed by atoms with Gasteiger partial charge in [0.15, 0.2) is 0 Å². The first kappa shape index (κ1) is 16.8. The van der Waals surface area contributed by atoms with E-state index < -0.39 is 0 Å². The number of hydrogen-bond acceptors (Lipinski definition) is 3. The van der Waals surface area contributed by atoms with Crippen molar-refractivity contribution in [1.29, 1.82) is 0 Å². The van der Waals surface area contributed by atoms with E-state index in [4.69, 9.17) is 0 Å². The maximum Gasteiger partial charge on any atom is 0.231 e. The fraction of sp³-hybridized carbons (Fsp3) is 0.500. The third kappa shape index (κ3) is 3.25. The van der Waals surface area contributed by atoms with Gasteiger partial charge in [0.2, 0.25) is 11.8 Å². The summed E-state index contributed by atoms with van der Waals surface area (Å²) < 4.78 is 0. The van der Waals surface area contributed by atoms with Gasteiger partial charge in [-0.3, -0.25) is 9.59 Å². The summed E-state index contributed by atoms with van der Waals surface area (Å²) in [4.78, 5) is 25.8. The molecule has 2 fully saturated rings. The number of carbonyl (C=O) groups is 2. The van der Waals surface area contributed by atoms with Crippen molar-refractivity contribution in [3.63, 3.8) is 0 Å². The number of halogens is 1. The molecule has 1 aromatic rings. The highest BCUT2D eigenvalue weighted by molar-refractivity contribution is 5.97. The van der Waals surface area contributed by atoms with E-state index in [1.165, 1.54) is 0 Å². The first-order valence-electron chi connectivity index (χ1n) is 7.51. The maximum absolute atomic E-state index is 12.3. The molecule has 0 bridgehead atoms. The van der Waals surface area contributed by atoms with Gasteiger partial charge in [-0.15, -0.1) is 12.4 Å². The van der Waals surface area contributed by atoms with Crippen LogP contribution in [0.1, 0.15) is 26.2 Å². The highest BCUT2D eigenvalue weighted by Gasteiger charge is 2.36. The van der Waals surface area contributed by atoms with E-state index in [0.717, 1.165) is 43.9 Å². The summed E-state index contributed by atoms with van der Waals surface area (Å²) in [5.74, 6) is 0.230. The molecule has 1 aromatic carbocycles. The summed E-state index contributed by atoms with van der Waals surface area (Å²) in [6, 6.07) is 7.53. The van der Waals surface area contributed by atoms with Gasteiger partial charge in [0.25, 0.3) is 0 Å². The Bertz CT molecular complexity index is 553. The monoisotopic (exact) mass is 323 g/mol. The molecule has 2 N–H and O–H groups in total. The third-order valence-electron chi connectivity index (χ3n) is 4.43. The van der Waals surface area contributed by atoms with Gasteiger partial charge < -0.3 is 15.5 Å². The fourth-order valence-corrected chi connectivity index (χ4v) is 2.94. The smallest absolute Gasteiger partial charge is 0.231 e. The average Bonchev–Trinajstić information content (AvgIpc) is 3.09. The van der Waals surface area contributed by atoms with Gasteiger partial charge in [-0.1, -0.05) is 0 Å². The standard InChI is InChI=1S/C16H21N3O2.ClH/c1-16(8-9-17-11-16)15(21)18-12-4-6-13(7-5-12)19-10-2-3-14(19)20;/h4-7,17H,2-3,8-11H2,1H3,(H,18,21);1H. The fourth-order valence-electron chi connectivity index (χ4n) is 2.94.